The molecule has 0 atom stereocenters. The van der Waals surface area contributed by atoms with Crippen molar-refractivity contribution >= 4 is 21.8 Å². The first-order valence-corrected chi connectivity index (χ1v) is 6.06. The highest BCUT2D eigenvalue weighted by molar-refractivity contribution is 9.09. The van der Waals surface area contributed by atoms with Crippen LogP contribution < -0.4 is 0 Å². The Kier molecular flexibility index (Phi) is 4.73. The van der Waals surface area contributed by atoms with E-state index in [9.17, 15) is 9.18 Å². The minimum absolute atomic E-state index is 0.0133. The molecule has 0 unspecified atom stereocenters. The minimum atomic E-state index is -0.696. The van der Waals surface area contributed by atoms with Crippen LogP contribution in [-0.2, 0) is 0 Å². The topological polar surface area (TPSA) is 40.5 Å². The molecule has 0 aliphatic heterocycles. The Balaban J connectivity index is 2.94. The average Bonchev–Trinajstić information content (AvgIpc) is 2.25. The quantitative estimate of drug-likeness (QED) is 0.865. The van der Waals surface area contributed by atoms with E-state index in [1.165, 1.54) is 17.0 Å². The molecule has 1 rings (SSSR count). The molecule has 0 aliphatic rings. The van der Waals surface area contributed by atoms with Crippen LogP contribution in [0.3, 0.4) is 0 Å². The fourth-order valence-corrected chi connectivity index (χ4v) is 1.78. The molecule has 1 amide bonds. The molecule has 1 aromatic carbocycles. The van der Waals surface area contributed by atoms with Crippen LogP contribution in [0, 0.1) is 5.82 Å². The normalized spacial score (nSPS) is 10.2. The SMILES string of the molecule is CCN(CCBr)C(=O)c1ccc(O)cc1F. The standard InChI is InChI=1S/C11H13BrFNO2/c1-2-14(6-5-12)11(16)9-4-3-8(15)7-10(9)13/h3-4,7,15H,2,5-6H2,1H3. The summed E-state index contributed by atoms with van der Waals surface area (Å²) in [5.74, 6) is -1.24. The van der Waals surface area contributed by atoms with Gasteiger partial charge in [-0.3, -0.25) is 4.79 Å². The highest BCUT2D eigenvalue weighted by Crippen LogP contribution is 2.16. The van der Waals surface area contributed by atoms with E-state index in [-0.39, 0.29) is 17.2 Å². The zero-order chi connectivity index (χ0) is 12.1. The Morgan fingerprint density at radius 1 is 1.56 bits per heavy atom. The summed E-state index contributed by atoms with van der Waals surface area (Å²) in [6, 6.07) is 3.54. The van der Waals surface area contributed by atoms with Gasteiger partial charge in [-0.25, -0.2) is 4.39 Å². The van der Waals surface area contributed by atoms with Crippen molar-refractivity contribution in [2.24, 2.45) is 0 Å². The van der Waals surface area contributed by atoms with Crippen molar-refractivity contribution in [1.29, 1.82) is 0 Å². The molecule has 1 aromatic rings. The first kappa shape index (κ1) is 13.0. The van der Waals surface area contributed by atoms with Crippen molar-refractivity contribution < 1.29 is 14.3 Å². The van der Waals surface area contributed by atoms with Crippen molar-refractivity contribution in [2.45, 2.75) is 6.92 Å². The van der Waals surface area contributed by atoms with Crippen molar-refractivity contribution in [3.63, 3.8) is 0 Å². The zero-order valence-corrected chi connectivity index (χ0v) is 10.5. The van der Waals surface area contributed by atoms with E-state index in [4.69, 9.17) is 5.11 Å². The molecule has 0 fully saturated rings. The minimum Gasteiger partial charge on any atom is -0.508 e. The van der Waals surface area contributed by atoms with Crippen molar-refractivity contribution in [1.82, 2.24) is 4.90 Å². The van der Waals surface area contributed by atoms with Crippen LogP contribution in [0.15, 0.2) is 18.2 Å². The summed E-state index contributed by atoms with van der Waals surface area (Å²) >= 11 is 3.23. The highest BCUT2D eigenvalue weighted by atomic mass is 79.9. The molecule has 0 aromatic heterocycles. The smallest absolute Gasteiger partial charge is 0.256 e. The molecular weight excluding hydrogens is 277 g/mol. The molecule has 3 nitrogen and oxygen atoms in total. The number of aromatic hydroxyl groups is 1. The largest absolute Gasteiger partial charge is 0.508 e. The first-order valence-electron chi connectivity index (χ1n) is 4.94. The molecule has 5 heteroatoms. The van der Waals surface area contributed by atoms with Crippen molar-refractivity contribution in [2.75, 3.05) is 18.4 Å². The number of hydrogen-bond acceptors (Lipinski definition) is 2. The van der Waals surface area contributed by atoms with E-state index in [2.05, 4.69) is 15.9 Å². The first-order chi connectivity index (χ1) is 7.60. The summed E-state index contributed by atoms with van der Waals surface area (Å²) in [5.41, 5.74) is -0.0133. The predicted octanol–water partition coefficient (Wildman–Crippen LogP) is 2.39. The van der Waals surface area contributed by atoms with Crippen LogP contribution in [0.2, 0.25) is 0 Å². The lowest BCUT2D eigenvalue weighted by Crippen LogP contribution is -2.33. The summed E-state index contributed by atoms with van der Waals surface area (Å²) in [5, 5.41) is 9.69. The lowest BCUT2D eigenvalue weighted by molar-refractivity contribution is 0.0770. The molecule has 0 radical (unpaired) electrons. The Morgan fingerprint density at radius 3 is 2.75 bits per heavy atom. The van der Waals surface area contributed by atoms with Crippen LogP contribution in [0.1, 0.15) is 17.3 Å². The van der Waals surface area contributed by atoms with E-state index in [0.29, 0.717) is 18.4 Å². The molecule has 0 aliphatic carbocycles. The summed E-state index contributed by atoms with van der Waals surface area (Å²) in [4.78, 5) is 13.4. The molecule has 0 saturated carbocycles. The van der Waals surface area contributed by atoms with Gasteiger partial charge in [0.05, 0.1) is 5.56 Å². The Labute approximate surface area is 102 Å². The lowest BCUT2D eigenvalue weighted by Gasteiger charge is -2.19. The van der Waals surface area contributed by atoms with Crippen LogP contribution in [0.25, 0.3) is 0 Å². The predicted molar refractivity (Wildman–Crippen MR) is 63.4 cm³/mol. The van der Waals surface area contributed by atoms with Crippen molar-refractivity contribution in [3.8, 4) is 5.75 Å². The summed E-state index contributed by atoms with van der Waals surface area (Å²) in [6.07, 6.45) is 0. The van der Waals surface area contributed by atoms with Gasteiger partial charge in [0, 0.05) is 24.5 Å². The van der Waals surface area contributed by atoms with Gasteiger partial charge in [-0.2, -0.15) is 0 Å². The van der Waals surface area contributed by atoms with E-state index < -0.39 is 5.82 Å². The molecule has 0 bridgehead atoms. The molecule has 0 saturated heterocycles. The maximum Gasteiger partial charge on any atom is 0.256 e. The van der Waals surface area contributed by atoms with Gasteiger partial charge < -0.3 is 10.0 Å². The molecule has 0 heterocycles. The van der Waals surface area contributed by atoms with E-state index in [0.717, 1.165) is 6.07 Å². The number of benzene rings is 1. The molecule has 88 valence electrons. The maximum absolute atomic E-state index is 13.4. The maximum atomic E-state index is 13.4. The van der Waals surface area contributed by atoms with E-state index in [1.54, 1.807) is 0 Å². The number of halogens is 2. The highest BCUT2D eigenvalue weighted by Gasteiger charge is 2.17. The number of alkyl halides is 1. The van der Waals surface area contributed by atoms with E-state index in [1.807, 2.05) is 6.92 Å². The third kappa shape index (κ3) is 2.95. The third-order valence-electron chi connectivity index (χ3n) is 2.21. The summed E-state index contributed by atoms with van der Waals surface area (Å²) in [6.45, 7) is 2.87. The molecular formula is C11H13BrFNO2. The van der Waals surface area contributed by atoms with Crippen LogP contribution in [0.4, 0.5) is 4.39 Å². The molecule has 0 spiro atoms. The number of carbonyl (C=O) groups is 1. The summed E-state index contributed by atoms with van der Waals surface area (Å²) in [7, 11) is 0. The lowest BCUT2D eigenvalue weighted by atomic mass is 10.1. The van der Waals surface area contributed by atoms with Crippen molar-refractivity contribution in [3.05, 3.63) is 29.6 Å². The van der Waals surface area contributed by atoms with Gasteiger partial charge in [0.1, 0.15) is 11.6 Å². The fourth-order valence-electron chi connectivity index (χ4n) is 1.35. The average molecular weight is 290 g/mol. The van der Waals surface area contributed by atoms with Gasteiger partial charge in [0.2, 0.25) is 0 Å². The van der Waals surface area contributed by atoms with Gasteiger partial charge in [-0.05, 0) is 19.1 Å². The second-order valence-electron chi connectivity index (χ2n) is 3.24. The van der Waals surface area contributed by atoms with Crippen LogP contribution in [0.5, 0.6) is 5.75 Å². The van der Waals surface area contributed by atoms with Gasteiger partial charge in [0.25, 0.3) is 5.91 Å². The Hall–Kier alpha value is -1.10. The Bertz CT molecular complexity index is 384. The Morgan fingerprint density at radius 2 is 2.25 bits per heavy atom. The van der Waals surface area contributed by atoms with Gasteiger partial charge in [-0.15, -0.1) is 0 Å². The van der Waals surface area contributed by atoms with Gasteiger partial charge in [-0.1, -0.05) is 15.9 Å². The third-order valence-corrected chi connectivity index (χ3v) is 2.56. The van der Waals surface area contributed by atoms with Crippen LogP contribution in [-0.4, -0.2) is 34.3 Å². The number of carbonyl (C=O) groups excluding carboxylic acids is 1. The molecule has 1 N–H and O–H groups in total. The summed E-state index contributed by atoms with van der Waals surface area (Å²) < 4.78 is 13.4. The van der Waals surface area contributed by atoms with Gasteiger partial charge >= 0.3 is 0 Å². The second-order valence-corrected chi connectivity index (χ2v) is 4.03. The fraction of sp³-hybridized carbons (Fsp3) is 0.364. The number of phenols is 1. The number of nitrogens with zero attached hydrogens (tertiary/aromatic N) is 1. The van der Waals surface area contributed by atoms with Crippen LogP contribution >= 0.6 is 15.9 Å². The zero-order valence-electron chi connectivity index (χ0n) is 8.91. The second kappa shape index (κ2) is 5.84. The number of hydrogen-bond donors (Lipinski definition) is 1. The number of phenolic OH excluding ortho intramolecular Hbond substituents is 1. The monoisotopic (exact) mass is 289 g/mol. The van der Waals surface area contributed by atoms with Gasteiger partial charge in [0.15, 0.2) is 0 Å². The number of amides is 1. The molecule has 16 heavy (non-hydrogen) atoms. The van der Waals surface area contributed by atoms with E-state index >= 15 is 0 Å². The number of rotatable bonds is 4.